The van der Waals surface area contributed by atoms with E-state index in [9.17, 15) is 9.59 Å². The third-order valence-electron chi connectivity index (χ3n) is 8.04. The maximum absolute atomic E-state index is 12.3. The first kappa shape index (κ1) is 16.1. The molecule has 0 aromatic carbocycles. The highest BCUT2D eigenvalue weighted by Gasteiger charge is 2.60. The maximum atomic E-state index is 12.3. The molecule has 4 rings (SSSR count). The Morgan fingerprint density at radius 1 is 1.17 bits per heavy atom. The third-order valence-corrected chi connectivity index (χ3v) is 8.04. The molecule has 0 unspecified atom stereocenters. The SMILES string of the molecule is COC(=O)[C@H]1CC[C@H]2[C@@H]3CCC4=CC(=O)C=C[C@]4(C)[C@H]3CC[C@]12C. The molecule has 24 heavy (non-hydrogen) atoms. The van der Waals surface area contributed by atoms with E-state index in [2.05, 4.69) is 19.9 Å². The van der Waals surface area contributed by atoms with Gasteiger partial charge in [0, 0.05) is 5.41 Å². The number of carbonyl (C=O) groups excluding carboxylic acids is 2. The fourth-order valence-electron chi connectivity index (χ4n) is 6.73. The molecule has 4 aliphatic rings. The predicted octanol–water partition coefficient (Wildman–Crippen LogP) is 4.08. The van der Waals surface area contributed by atoms with Crippen LogP contribution in [0.3, 0.4) is 0 Å². The molecule has 130 valence electrons. The van der Waals surface area contributed by atoms with E-state index in [1.54, 1.807) is 6.08 Å². The number of methoxy groups -OCH3 is 1. The minimum Gasteiger partial charge on any atom is -0.469 e. The highest BCUT2D eigenvalue weighted by Crippen LogP contribution is 2.66. The van der Waals surface area contributed by atoms with Crippen LogP contribution in [0.25, 0.3) is 0 Å². The van der Waals surface area contributed by atoms with E-state index in [0.29, 0.717) is 17.8 Å². The van der Waals surface area contributed by atoms with E-state index in [0.717, 1.165) is 32.1 Å². The molecule has 3 nitrogen and oxygen atoms in total. The van der Waals surface area contributed by atoms with E-state index >= 15 is 0 Å². The van der Waals surface area contributed by atoms with E-state index in [4.69, 9.17) is 4.74 Å². The van der Waals surface area contributed by atoms with Crippen LogP contribution < -0.4 is 0 Å². The lowest BCUT2D eigenvalue weighted by Crippen LogP contribution is -2.50. The van der Waals surface area contributed by atoms with Gasteiger partial charge in [-0.2, -0.15) is 0 Å². The minimum atomic E-state index is -0.00999. The predicted molar refractivity (Wildman–Crippen MR) is 92.1 cm³/mol. The zero-order chi connectivity index (χ0) is 17.1. The van der Waals surface area contributed by atoms with Crippen LogP contribution in [0.2, 0.25) is 0 Å². The minimum absolute atomic E-state index is 0.00999. The Hall–Kier alpha value is -1.38. The lowest BCUT2D eigenvalue weighted by atomic mass is 9.48. The third kappa shape index (κ3) is 2.02. The number of fused-ring (bicyclic) bond motifs is 5. The molecule has 0 N–H and O–H groups in total. The molecular formula is C21H28O3. The van der Waals surface area contributed by atoms with Gasteiger partial charge in [-0.05, 0) is 73.8 Å². The van der Waals surface area contributed by atoms with Gasteiger partial charge in [0.15, 0.2) is 5.78 Å². The molecule has 3 saturated carbocycles. The van der Waals surface area contributed by atoms with Gasteiger partial charge in [0.05, 0.1) is 13.0 Å². The van der Waals surface area contributed by atoms with Crippen molar-refractivity contribution in [2.45, 2.75) is 52.4 Å². The highest BCUT2D eigenvalue weighted by atomic mass is 16.5. The van der Waals surface area contributed by atoms with Crippen LogP contribution >= 0.6 is 0 Å². The number of ether oxygens (including phenoxy) is 1. The Kier molecular flexibility index (Phi) is 3.56. The lowest BCUT2D eigenvalue weighted by Gasteiger charge is -2.56. The van der Waals surface area contributed by atoms with Gasteiger partial charge in [0.2, 0.25) is 0 Å². The largest absolute Gasteiger partial charge is 0.469 e. The van der Waals surface area contributed by atoms with E-state index < -0.39 is 0 Å². The van der Waals surface area contributed by atoms with Crippen LogP contribution in [-0.4, -0.2) is 18.9 Å². The maximum Gasteiger partial charge on any atom is 0.309 e. The van der Waals surface area contributed by atoms with Crippen molar-refractivity contribution in [1.29, 1.82) is 0 Å². The topological polar surface area (TPSA) is 43.4 Å². The average molecular weight is 328 g/mol. The quantitative estimate of drug-likeness (QED) is 0.681. The molecule has 0 bridgehead atoms. The lowest BCUT2D eigenvalue weighted by molar-refractivity contribution is -0.152. The Morgan fingerprint density at radius 3 is 2.71 bits per heavy atom. The second kappa shape index (κ2) is 5.31. The van der Waals surface area contributed by atoms with Crippen LogP contribution in [0, 0.1) is 34.5 Å². The first-order chi connectivity index (χ1) is 11.4. The number of rotatable bonds is 1. The second-order valence-electron chi connectivity index (χ2n) is 8.80. The van der Waals surface area contributed by atoms with E-state index in [1.807, 2.05) is 6.08 Å². The zero-order valence-corrected chi connectivity index (χ0v) is 15.0. The molecule has 0 aromatic heterocycles. The molecule has 0 aliphatic heterocycles. The van der Waals surface area contributed by atoms with Crippen LogP contribution in [0.5, 0.6) is 0 Å². The number of ketones is 1. The van der Waals surface area contributed by atoms with Gasteiger partial charge in [-0.15, -0.1) is 0 Å². The average Bonchev–Trinajstić information content (AvgIpc) is 2.92. The molecule has 0 amide bonds. The van der Waals surface area contributed by atoms with Crippen LogP contribution in [0.1, 0.15) is 52.4 Å². The molecular weight excluding hydrogens is 300 g/mol. The molecule has 4 aliphatic carbocycles. The number of esters is 1. The summed E-state index contributed by atoms with van der Waals surface area (Å²) in [5, 5.41) is 0. The summed E-state index contributed by atoms with van der Waals surface area (Å²) in [6, 6.07) is 0. The van der Waals surface area contributed by atoms with Crippen LogP contribution in [0.15, 0.2) is 23.8 Å². The summed E-state index contributed by atoms with van der Waals surface area (Å²) in [5.41, 5.74) is 1.48. The normalized spacial score (nSPS) is 46.6. The molecule has 0 radical (unpaired) electrons. The van der Waals surface area contributed by atoms with Gasteiger partial charge >= 0.3 is 5.97 Å². The molecule has 6 atom stereocenters. The molecule has 0 spiro atoms. The van der Waals surface area contributed by atoms with Gasteiger partial charge in [0.25, 0.3) is 0 Å². The van der Waals surface area contributed by atoms with Crippen molar-refractivity contribution in [2.24, 2.45) is 34.5 Å². The first-order valence-electron chi connectivity index (χ1n) is 9.42. The Balaban J connectivity index is 1.66. The first-order valence-corrected chi connectivity index (χ1v) is 9.42. The molecule has 3 heteroatoms. The molecule has 0 saturated heterocycles. The summed E-state index contributed by atoms with van der Waals surface area (Å²) in [6.45, 7) is 4.66. The summed E-state index contributed by atoms with van der Waals surface area (Å²) < 4.78 is 5.11. The van der Waals surface area contributed by atoms with Gasteiger partial charge in [0.1, 0.15) is 0 Å². The Labute approximate surface area is 144 Å². The molecule has 0 heterocycles. The van der Waals surface area contributed by atoms with Gasteiger partial charge in [-0.3, -0.25) is 9.59 Å². The van der Waals surface area contributed by atoms with E-state index in [-0.39, 0.29) is 28.5 Å². The van der Waals surface area contributed by atoms with Crippen LogP contribution in [-0.2, 0) is 14.3 Å². The van der Waals surface area contributed by atoms with E-state index in [1.165, 1.54) is 19.1 Å². The standard InChI is InChI=1S/C21H28O3/c1-20-10-8-14(22)12-13(20)4-5-15-16-6-7-18(19(23)24-3)21(16,2)11-9-17(15)20/h8,10,12,15-18H,4-7,9,11H2,1-3H3/t15-,16-,17-,18+,20-,21-/m0/s1. The highest BCUT2D eigenvalue weighted by molar-refractivity contribution is 6.01. The fraction of sp³-hybridized carbons (Fsp3) is 0.714. The summed E-state index contributed by atoms with van der Waals surface area (Å²) in [5.74, 6) is 2.10. The van der Waals surface area contributed by atoms with Crippen molar-refractivity contribution in [3.05, 3.63) is 23.8 Å². The Bertz CT molecular complexity index is 645. The summed E-state index contributed by atoms with van der Waals surface area (Å²) in [4.78, 5) is 24.1. The summed E-state index contributed by atoms with van der Waals surface area (Å²) in [7, 11) is 1.52. The van der Waals surface area contributed by atoms with Crippen LogP contribution in [0.4, 0.5) is 0 Å². The van der Waals surface area contributed by atoms with Gasteiger partial charge < -0.3 is 4.74 Å². The van der Waals surface area contributed by atoms with Crippen molar-refractivity contribution in [3.8, 4) is 0 Å². The number of allylic oxidation sites excluding steroid dienone is 4. The smallest absolute Gasteiger partial charge is 0.309 e. The number of carbonyl (C=O) groups is 2. The summed E-state index contributed by atoms with van der Waals surface area (Å²) in [6.07, 6.45) is 12.4. The summed E-state index contributed by atoms with van der Waals surface area (Å²) >= 11 is 0. The molecule has 0 aromatic rings. The number of hydrogen-bond acceptors (Lipinski definition) is 3. The Morgan fingerprint density at radius 2 is 1.96 bits per heavy atom. The molecule has 3 fully saturated rings. The fourth-order valence-corrected chi connectivity index (χ4v) is 6.73. The van der Waals surface area contributed by atoms with Gasteiger partial charge in [-0.1, -0.05) is 25.5 Å². The second-order valence-corrected chi connectivity index (χ2v) is 8.80. The van der Waals surface area contributed by atoms with Gasteiger partial charge in [-0.25, -0.2) is 0 Å². The van der Waals surface area contributed by atoms with Crippen molar-refractivity contribution in [2.75, 3.05) is 7.11 Å². The van der Waals surface area contributed by atoms with Crippen molar-refractivity contribution in [3.63, 3.8) is 0 Å². The monoisotopic (exact) mass is 328 g/mol. The van der Waals surface area contributed by atoms with Crippen molar-refractivity contribution < 1.29 is 14.3 Å². The van der Waals surface area contributed by atoms with Crippen molar-refractivity contribution in [1.82, 2.24) is 0 Å². The van der Waals surface area contributed by atoms with Crippen molar-refractivity contribution >= 4 is 11.8 Å². The number of hydrogen-bond donors (Lipinski definition) is 0. The zero-order valence-electron chi connectivity index (χ0n) is 15.0.